The van der Waals surface area contributed by atoms with Gasteiger partial charge in [-0.1, -0.05) is 33.1 Å². The Morgan fingerprint density at radius 2 is 1.67 bits per heavy atom. The van der Waals surface area contributed by atoms with Gasteiger partial charge >= 0.3 is 0 Å². The van der Waals surface area contributed by atoms with Crippen LogP contribution in [0.3, 0.4) is 0 Å². The van der Waals surface area contributed by atoms with E-state index in [-0.39, 0.29) is 30.7 Å². The molecule has 1 fully saturated rings. The summed E-state index contributed by atoms with van der Waals surface area (Å²) >= 11 is 0. The monoisotopic (exact) mass is 341 g/mol. The van der Waals surface area contributed by atoms with Crippen LogP contribution in [-0.4, -0.2) is 42.5 Å². The Balaban J connectivity index is 0. The molecule has 21 heavy (non-hydrogen) atoms. The van der Waals surface area contributed by atoms with Crippen molar-refractivity contribution in [2.45, 2.75) is 64.3 Å². The van der Waals surface area contributed by atoms with Crippen LogP contribution < -0.4 is 11.1 Å². The number of halogens is 2. The molecule has 128 valence electrons. The average molecular weight is 342 g/mol. The summed E-state index contributed by atoms with van der Waals surface area (Å²) in [6, 6.07) is 0. The van der Waals surface area contributed by atoms with E-state index in [2.05, 4.69) is 24.1 Å². The second-order valence-electron chi connectivity index (χ2n) is 5.71. The zero-order valence-electron chi connectivity index (χ0n) is 13.5. The molecule has 3 N–H and O–H groups in total. The highest BCUT2D eigenvalue weighted by Gasteiger charge is 2.34. The number of carbonyl (C=O) groups excluding carboxylic acids is 1. The average Bonchev–Trinajstić information content (AvgIpc) is 2.43. The molecule has 1 aliphatic rings. The molecule has 0 heterocycles. The van der Waals surface area contributed by atoms with Crippen molar-refractivity contribution in [3.8, 4) is 0 Å². The van der Waals surface area contributed by atoms with Crippen molar-refractivity contribution >= 4 is 30.7 Å². The van der Waals surface area contributed by atoms with E-state index < -0.39 is 5.54 Å². The van der Waals surface area contributed by atoms with Gasteiger partial charge in [-0.05, 0) is 45.3 Å². The molecular formula is C15H33Cl2N3O. The lowest BCUT2D eigenvalue weighted by Gasteiger charge is -2.31. The van der Waals surface area contributed by atoms with E-state index in [1.165, 1.54) is 6.42 Å². The zero-order chi connectivity index (χ0) is 14.1. The Hall–Kier alpha value is -0.0300. The molecule has 1 saturated carbocycles. The minimum Gasteiger partial charge on any atom is -0.355 e. The molecule has 0 atom stereocenters. The molecule has 1 rings (SSSR count). The van der Waals surface area contributed by atoms with Crippen LogP contribution in [0, 0.1) is 0 Å². The quantitative estimate of drug-likeness (QED) is 0.667. The Morgan fingerprint density at radius 3 is 2.19 bits per heavy atom. The fourth-order valence-electron chi connectivity index (χ4n) is 2.79. The van der Waals surface area contributed by atoms with Crippen molar-refractivity contribution in [1.29, 1.82) is 0 Å². The summed E-state index contributed by atoms with van der Waals surface area (Å²) in [5.41, 5.74) is 5.60. The molecule has 4 nitrogen and oxygen atoms in total. The van der Waals surface area contributed by atoms with E-state index in [1.54, 1.807) is 0 Å². The Labute approximate surface area is 142 Å². The highest BCUT2D eigenvalue weighted by Crippen LogP contribution is 2.25. The number of nitrogens with one attached hydrogen (secondary N) is 1. The minimum absolute atomic E-state index is 0. The van der Waals surface area contributed by atoms with Crippen molar-refractivity contribution in [3.05, 3.63) is 0 Å². The summed E-state index contributed by atoms with van der Waals surface area (Å²) in [4.78, 5) is 14.5. The van der Waals surface area contributed by atoms with Gasteiger partial charge in [0.2, 0.25) is 5.91 Å². The lowest BCUT2D eigenvalue weighted by Crippen LogP contribution is -2.55. The van der Waals surface area contributed by atoms with Crippen LogP contribution in [0.15, 0.2) is 0 Å². The van der Waals surface area contributed by atoms with Gasteiger partial charge in [-0.15, -0.1) is 24.8 Å². The first-order valence-electron chi connectivity index (χ1n) is 7.92. The maximum absolute atomic E-state index is 12.1. The topological polar surface area (TPSA) is 58.4 Å². The van der Waals surface area contributed by atoms with Crippen LogP contribution >= 0.6 is 24.8 Å². The molecule has 0 aromatic heterocycles. The van der Waals surface area contributed by atoms with E-state index in [1.807, 2.05) is 0 Å². The largest absolute Gasteiger partial charge is 0.355 e. The van der Waals surface area contributed by atoms with E-state index >= 15 is 0 Å². The van der Waals surface area contributed by atoms with Gasteiger partial charge in [-0.2, -0.15) is 0 Å². The van der Waals surface area contributed by atoms with Crippen molar-refractivity contribution in [2.75, 3.05) is 26.2 Å². The van der Waals surface area contributed by atoms with Crippen LogP contribution in [0.5, 0.6) is 0 Å². The third-order valence-electron chi connectivity index (χ3n) is 4.28. The van der Waals surface area contributed by atoms with Gasteiger partial charge < -0.3 is 16.0 Å². The smallest absolute Gasteiger partial charge is 0.240 e. The normalized spacial score (nSPS) is 16.8. The number of nitrogens with two attached hydrogens (primary N) is 1. The highest BCUT2D eigenvalue weighted by atomic mass is 35.5. The van der Waals surface area contributed by atoms with Gasteiger partial charge in [0.25, 0.3) is 0 Å². The number of nitrogens with zero attached hydrogens (tertiary/aromatic N) is 1. The summed E-state index contributed by atoms with van der Waals surface area (Å²) < 4.78 is 0. The molecule has 0 bridgehead atoms. The number of hydrogen-bond donors (Lipinski definition) is 2. The molecule has 0 aliphatic heterocycles. The van der Waals surface area contributed by atoms with Crippen LogP contribution in [0.25, 0.3) is 0 Å². The van der Waals surface area contributed by atoms with Gasteiger partial charge in [0, 0.05) is 6.54 Å². The molecule has 0 unspecified atom stereocenters. The van der Waals surface area contributed by atoms with E-state index in [4.69, 9.17) is 5.73 Å². The molecule has 6 heteroatoms. The summed E-state index contributed by atoms with van der Waals surface area (Å²) in [5, 5.41) is 3.02. The first kappa shape index (κ1) is 23.2. The van der Waals surface area contributed by atoms with Crippen molar-refractivity contribution in [1.82, 2.24) is 10.2 Å². The third-order valence-corrected chi connectivity index (χ3v) is 4.28. The summed E-state index contributed by atoms with van der Waals surface area (Å²) in [6.45, 7) is 8.47. The summed E-state index contributed by atoms with van der Waals surface area (Å²) in [5.74, 6) is 0.0649. The molecule has 0 saturated heterocycles. The van der Waals surface area contributed by atoms with Gasteiger partial charge in [-0.25, -0.2) is 0 Å². The maximum atomic E-state index is 12.1. The molecule has 0 radical (unpaired) electrons. The number of unbranched alkanes of at least 4 members (excludes halogenated alkanes) is 1. The number of carbonyl (C=O) groups is 1. The minimum atomic E-state index is -0.586. The molecule has 1 aliphatic carbocycles. The molecule has 0 spiro atoms. The van der Waals surface area contributed by atoms with Gasteiger partial charge in [0.05, 0.1) is 5.54 Å². The van der Waals surface area contributed by atoms with E-state index in [0.717, 1.165) is 64.7 Å². The predicted octanol–water partition coefficient (Wildman–Crippen LogP) is 2.73. The Kier molecular flexibility index (Phi) is 13.8. The van der Waals surface area contributed by atoms with Gasteiger partial charge in [0.1, 0.15) is 0 Å². The first-order chi connectivity index (χ1) is 9.12. The number of rotatable bonds is 8. The Bertz CT molecular complexity index is 268. The van der Waals surface area contributed by atoms with Crippen LogP contribution in [-0.2, 0) is 4.79 Å². The second kappa shape index (κ2) is 12.5. The third kappa shape index (κ3) is 8.24. The second-order valence-corrected chi connectivity index (χ2v) is 5.71. The number of amides is 1. The zero-order valence-corrected chi connectivity index (χ0v) is 15.2. The van der Waals surface area contributed by atoms with Crippen molar-refractivity contribution in [3.63, 3.8) is 0 Å². The molecular weight excluding hydrogens is 309 g/mol. The van der Waals surface area contributed by atoms with Gasteiger partial charge in [0.15, 0.2) is 0 Å². The lowest BCUT2D eigenvalue weighted by atomic mass is 9.82. The molecule has 0 aromatic rings. The summed E-state index contributed by atoms with van der Waals surface area (Å²) in [6.07, 6.45) is 7.27. The fourth-order valence-corrected chi connectivity index (χ4v) is 2.79. The number of hydrogen-bond acceptors (Lipinski definition) is 3. The van der Waals surface area contributed by atoms with Crippen LogP contribution in [0.4, 0.5) is 0 Å². The van der Waals surface area contributed by atoms with Crippen LogP contribution in [0.2, 0.25) is 0 Å². The van der Waals surface area contributed by atoms with Crippen molar-refractivity contribution in [2.24, 2.45) is 5.73 Å². The fraction of sp³-hybridized carbons (Fsp3) is 0.933. The molecule has 1 amide bonds. The molecule has 0 aromatic carbocycles. The van der Waals surface area contributed by atoms with E-state index in [0.29, 0.717) is 0 Å². The maximum Gasteiger partial charge on any atom is 0.240 e. The lowest BCUT2D eigenvalue weighted by molar-refractivity contribution is -0.127. The predicted molar refractivity (Wildman–Crippen MR) is 94.5 cm³/mol. The van der Waals surface area contributed by atoms with Crippen molar-refractivity contribution < 1.29 is 4.79 Å². The van der Waals surface area contributed by atoms with Crippen LogP contribution in [0.1, 0.15) is 58.8 Å². The van der Waals surface area contributed by atoms with Gasteiger partial charge in [-0.3, -0.25) is 4.79 Å². The highest BCUT2D eigenvalue weighted by molar-refractivity contribution is 5.86. The standard InChI is InChI=1S/C15H31N3O.2ClH/c1-3-18(4-2)13-9-8-12-17-14(19)15(16)10-6-5-7-11-15;;/h3-13,16H2,1-2H3,(H,17,19);2*1H. The SMILES string of the molecule is CCN(CC)CCCCNC(=O)C1(N)CCCCC1.Cl.Cl. The van der Waals surface area contributed by atoms with E-state index in [9.17, 15) is 4.79 Å². The first-order valence-corrected chi connectivity index (χ1v) is 7.92. The summed E-state index contributed by atoms with van der Waals surface area (Å²) in [7, 11) is 0. The Morgan fingerprint density at radius 1 is 1.10 bits per heavy atom.